The molecule has 10 rings (SSSR count). The number of aliphatic hydroxyl groups excluding tert-OH is 3. The fourth-order valence-corrected chi connectivity index (χ4v) is 9.03. The fourth-order valence-electron chi connectivity index (χ4n) is 9.03. The van der Waals surface area contributed by atoms with Gasteiger partial charge in [0, 0.05) is 12.0 Å². The van der Waals surface area contributed by atoms with E-state index >= 15 is 4.79 Å². The standard InChI is InChI=1S/C33H28O24/c34-5-13-19-18(42)21(26(51-13)55-24(43)7-1-9(35)16(40)10(36)2-7)52-25(44)8-3-11(37)17(41)20-15(8)22-29(27(45)53-19)4-14(39)31(47,32(22,48)56-20)57-30(29)28(46)54-23-12(38)6-50-33(23,30)49/h1-3,12-13,18-19,21-23,26,34-38,40-42,47-49H,4-6H2/t12-,13+,18-,19+,21+,22+,23+,26-,29+,30+,31+,32+,33-/m0/s1. The number of benzene rings is 2. The Hall–Kier alpha value is -5.57. The van der Waals surface area contributed by atoms with Crippen LogP contribution in [0.4, 0.5) is 0 Å². The second kappa shape index (κ2) is 11.3. The van der Waals surface area contributed by atoms with Gasteiger partial charge in [-0.1, -0.05) is 0 Å². The van der Waals surface area contributed by atoms with E-state index in [0.29, 0.717) is 18.2 Å². The molecule has 0 unspecified atom stereocenters. The predicted molar refractivity (Wildman–Crippen MR) is 163 cm³/mol. The molecule has 5 saturated heterocycles. The molecule has 13 atom stereocenters. The van der Waals surface area contributed by atoms with E-state index in [1.165, 1.54) is 0 Å². The number of esters is 4. The largest absolute Gasteiger partial charge is 0.504 e. The van der Waals surface area contributed by atoms with Gasteiger partial charge in [0.05, 0.1) is 30.3 Å². The summed E-state index contributed by atoms with van der Waals surface area (Å²) in [7, 11) is 0. The number of hydrogen-bond donors (Lipinski definition) is 11. The molecule has 2 spiro atoms. The van der Waals surface area contributed by atoms with Crippen LogP contribution in [0.1, 0.15) is 38.6 Å². The van der Waals surface area contributed by atoms with Gasteiger partial charge in [0.15, 0.2) is 52.8 Å². The molecule has 24 nitrogen and oxygen atoms in total. The third kappa shape index (κ3) is 4.12. The highest BCUT2D eigenvalue weighted by atomic mass is 16.8. The number of aromatic hydroxyl groups is 5. The van der Waals surface area contributed by atoms with Crippen molar-refractivity contribution in [1.29, 1.82) is 0 Å². The van der Waals surface area contributed by atoms with Crippen LogP contribution in [0.5, 0.6) is 34.5 Å². The molecule has 7 heterocycles. The summed E-state index contributed by atoms with van der Waals surface area (Å²) in [6.07, 6.45) is -16.8. The minimum Gasteiger partial charge on any atom is -0.504 e. The molecule has 57 heavy (non-hydrogen) atoms. The highest BCUT2D eigenvalue weighted by Gasteiger charge is 2.97. The molecule has 0 amide bonds. The monoisotopic (exact) mass is 808 g/mol. The normalized spacial score (nSPS) is 42.4. The van der Waals surface area contributed by atoms with Crippen LogP contribution < -0.4 is 4.74 Å². The molecule has 6 fully saturated rings. The van der Waals surface area contributed by atoms with Crippen molar-refractivity contribution in [1.82, 2.24) is 0 Å². The van der Waals surface area contributed by atoms with Crippen LogP contribution in [-0.4, -0.2) is 165 Å². The molecule has 2 aromatic rings. The predicted octanol–water partition coefficient (Wildman–Crippen LogP) is -4.81. The lowest BCUT2D eigenvalue weighted by molar-refractivity contribution is -0.459. The Bertz CT molecular complexity index is 2200. The van der Waals surface area contributed by atoms with Gasteiger partial charge in [-0.15, -0.1) is 0 Å². The third-order valence-electron chi connectivity index (χ3n) is 11.6. The van der Waals surface area contributed by atoms with E-state index in [0.717, 1.165) is 0 Å². The number of ketones is 1. The molecule has 24 heteroatoms. The van der Waals surface area contributed by atoms with Gasteiger partial charge in [-0.25, -0.2) is 14.4 Å². The molecule has 1 aliphatic carbocycles. The first-order chi connectivity index (χ1) is 26.7. The average molecular weight is 809 g/mol. The zero-order chi connectivity index (χ0) is 41.1. The zero-order valence-corrected chi connectivity index (χ0v) is 28.2. The first kappa shape index (κ1) is 37.0. The highest BCUT2D eigenvalue weighted by molar-refractivity contribution is 6.06. The van der Waals surface area contributed by atoms with Gasteiger partial charge in [-0.2, -0.15) is 0 Å². The van der Waals surface area contributed by atoms with Gasteiger partial charge < -0.3 is 94.1 Å². The van der Waals surface area contributed by atoms with Crippen LogP contribution in [0.2, 0.25) is 0 Å². The highest BCUT2D eigenvalue weighted by Crippen LogP contribution is 2.75. The van der Waals surface area contributed by atoms with E-state index < -0.39 is 178 Å². The summed E-state index contributed by atoms with van der Waals surface area (Å²) in [6.45, 7) is -2.04. The minimum atomic E-state index is -3.84. The molecule has 1 saturated carbocycles. The SMILES string of the molecule is O=C(O[C@@H]1O[C@H](CO)[C@H]2OC(=O)[C@]34CC(=O)[C@@](O)(O[C@]35C(=O)O[C@@H]3[C@@H](O)CO[C@@]35O)[C@]3(O)Oc5c(O)c(O)cc(c5[C@H]43)C(=O)O[C@@H]1[C@H]2O)c1cc(O)c(O)c(O)c1. The molecule has 8 aliphatic rings. The minimum absolute atomic E-state index is 0.484. The van der Waals surface area contributed by atoms with Gasteiger partial charge in [-0.05, 0) is 18.2 Å². The maximum absolute atomic E-state index is 15.1. The van der Waals surface area contributed by atoms with Crippen LogP contribution >= 0.6 is 0 Å². The van der Waals surface area contributed by atoms with Gasteiger partial charge in [0.1, 0.15) is 23.7 Å². The number of ether oxygens (including phenoxy) is 8. The summed E-state index contributed by atoms with van der Waals surface area (Å²) in [5.41, 5.74) is -9.51. The van der Waals surface area contributed by atoms with Crippen molar-refractivity contribution in [3.05, 3.63) is 34.9 Å². The summed E-state index contributed by atoms with van der Waals surface area (Å²) in [5, 5.41) is 120. The number of phenols is 5. The maximum atomic E-state index is 15.1. The average Bonchev–Trinajstić information content (AvgIpc) is 3.72. The van der Waals surface area contributed by atoms with Crippen molar-refractivity contribution in [3.8, 4) is 34.5 Å². The third-order valence-corrected chi connectivity index (χ3v) is 11.6. The molecular weight excluding hydrogens is 780 g/mol. The number of carbonyl (C=O) groups excluding carboxylic acids is 5. The Kier molecular flexibility index (Phi) is 7.34. The maximum Gasteiger partial charge on any atom is 0.346 e. The summed E-state index contributed by atoms with van der Waals surface area (Å²) in [4.78, 5) is 70.7. The van der Waals surface area contributed by atoms with Crippen molar-refractivity contribution in [3.63, 3.8) is 0 Å². The van der Waals surface area contributed by atoms with Crippen molar-refractivity contribution in [2.45, 2.75) is 78.2 Å². The van der Waals surface area contributed by atoms with E-state index in [1.807, 2.05) is 0 Å². The Morgan fingerprint density at radius 2 is 1.51 bits per heavy atom. The summed E-state index contributed by atoms with van der Waals surface area (Å²) in [6, 6.07) is 1.76. The van der Waals surface area contributed by atoms with Gasteiger partial charge in [-0.3, -0.25) is 9.59 Å². The van der Waals surface area contributed by atoms with E-state index in [4.69, 9.17) is 37.9 Å². The van der Waals surface area contributed by atoms with Gasteiger partial charge in [0.2, 0.25) is 23.4 Å². The number of hydrogen-bond acceptors (Lipinski definition) is 24. The number of aliphatic hydroxyl groups is 6. The first-order valence-corrected chi connectivity index (χ1v) is 16.8. The molecule has 4 bridgehead atoms. The topological polar surface area (TPSA) is 382 Å². The first-order valence-electron chi connectivity index (χ1n) is 16.8. The molecule has 2 aromatic carbocycles. The van der Waals surface area contributed by atoms with Crippen molar-refractivity contribution < 1.29 is 118 Å². The Morgan fingerprint density at radius 3 is 2.18 bits per heavy atom. The number of phenolic OH excluding ortho intramolecular Hbond substituents is 5. The lowest BCUT2D eigenvalue weighted by Gasteiger charge is -2.64. The molecule has 0 aromatic heterocycles. The molecular formula is C33H28O24. The van der Waals surface area contributed by atoms with Crippen molar-refractivity contribution in [2.75, 3.05) is 13.2 Å². The molecule has 7 aliphatic heterocycles. The summed E-state index contributed by atoms with van der Waals surface area (Å²) < 4.78 is 43.8. The quantitative estimate of drug-likeness (QED) is 0.0787. The number of carbonyl (C=O) groups is 5. The van der Waals surface area contributed by atoms with Crippen LogP contribution in [0.15, 0.2) is 18.2 Å². The second-order valence-electron chi connectivity index (χ2n) is 14.4. The smallest absolute Gasteiger partial charge is 0.346 e. The molecule has 11 N–H and O–H groups in total. The lowest BCUT2D eigenvalue weighted by atomic mass is 9.47. The summed E-state index contributed by atoms with van der Waals surface area (Å²) >= 11 is 0. The Balaban J connectivity index is 1.26. The molecule has 304 valence electrons. The Labute approximate surface area is 314 Å². The fraction of sp³-hybridized carbons (Fsp3) is 0.485. The van der Waals surface area contributed by atoms with E-state index in [9.17, 15) is 75.3 Å². The van der Waals surface area contributed by atoms with E-state index in [1.54, 1.807) is 0 Å². The van der Waals surface area contributed by atoms with E-state index in [-0.39, 0.29) is 0 Å². The molecule has 0 radical (unpaired) electrons. The van der Waals surface area contributed by atoms with Crippen LogP contribution in [0.3, 0.4) is 0 Å². The van der Waals surface area contributed by atoms with E-state index in [2.05, 4.69) is 0 Å². The summed E-state index contributed by atoms with van der Waals surface area (Å²) in [5.74, 6) is -28.6. The number of fused-ring (bicyclic) bond motifs is 4. The van der Waals surface area contributed by atoms with Crippen molar-refractivity contribution >= 4 is 29.7 Å². The Morgan fingerprint density at radius 1 is 0.842 bits per heavy atom. The lowest BCUT2D eigenvalue weighted by Crippen LogP contribution is -2.88. The number of Topliss-reactive ketones (excluding diaryl/α,β-unsaturated/α-hetero) is 1. The van der Waals surface area contributed by atoms with Crippen LogP contribution in [0, 0.1) is 5.41 Å². The zero-order valence-electron chi connectivity index (χ0n) is 28.2. The number of rotatable bonds is 3. The second-order valence-corrected chi connectivity index (χ2v) is 14.4. The van der Waals surface area contributed by atoms with Gasteiger partial charge in [0.25, 0.3) is 11.6 Å². The van der Waals surface area contributed by atoms with Crippen LogP contribution in [0.25, 0.3) is 0 Å². The van der Waals surface area contributed by atoms with Gasteiger partial charge >= 0.3 is 23.9 Å². The van der Waals surface area contributed by atoms with Crippen molar-refractivity contribution in [2.24, 2.45) is 5.41 Å². The van der Waals surface area contributed by atoms with Crippen LogP contribution in [-0.2, 0) is 47.5 Å².